The molecule has 1 aromatic heterocycles. The van der Waals surface area contributed by atoms with Crippen molar-refractivity contribution >= 4 is 19.7 Å². The molecule has 5 nitrogen and oxygen atoms in total. The van der Waals surface area contributed by atoms with Crippen LogP contribution in [-0.4, -0.2) is 23.2 Å². The SMILES string of the molecule is Cc1nc(-c2ccc(S(=O)(=O)Cl)cc2)nn1C. The largest absolute Gasteiger partial charge is 0.261 e. The smallest absolute Gasteiger partial charge is 0.253 e. The van der Waals surface area contributed by atoms with Gasteiger partial charge in [-0.3, -0.25) is 4.68 Å². The van der Waals surface area contributed by atoms with Gasteiger partial charge in [-0.15, -0.1) is 0 Å². The van der Waals surface area contributed by atoms with Gasteiger partial charge in [0.25, 0.3) is 9.05 Å². The number of aromatic nitrogens is 3. The molecule has 1 heterocycles. The predicted octanol–water partition coefficient (Wildman–Crippen LogP) is 1.72. The van der Waals surface area contributed by atoms with Gasteiger partial charge in [-0.2, -0.15) is 5.10 Å². The highest BCUT2D eigenvalue weighted by Gasteiger charge is 2.11. The minimum atomic E-state index is -3.68. The molecule has 1 aromatic carbocycles. The molecule has 0 unspecified atom stereocenters. The molecular formula is C10H10ClN3O2S. The van der Waals surface area contributed by atoms with Crippen LogP contribution in [0.5, 0.6) is 0 Å². The number of nitrogens with zero attached hydrogens (tertiary/aromatic N) is 3. The second kappa shape index (κ2) is 4.12. The Morgan fingerprint density at radius 3 is 2.24 bits per heavy atom. The fourth-order valence-electron chi connectivity index (χ4n) is 1.35. The fourth-order valence-corrected chi connectivity index (χ4v) is 2.12. The minimum absolute atomic E-state index is 0.0653. The molecule has 0 aliphatic rings. The van der Waals surface area contributed by atoms with Gasteiger partial charge >= 0.3 is 0 Å². The van der Waals surface area contributed by atoms with Crippen LogP contribution < -0.4 is 0 Å². The second-order valence-corrected chi connectivity index (χ2v) is 6.13. The normalized spacial score (nSPS) is 11.7. The molecule has 0 saturated carbocycles. The van der Waals surface area contributed by atoms with E-state index in [2.05, 4.69) is 10.1 Å². The van der Waals surface area contributed by atoms with Crippen molar-refractivity contribution < 1.29 is 8.42 Å². The van der Waals surface area contributed by atoms with Crippen molar-refractivity contribution in [2.75, 3.05) is 0 Å². The summed E-state index contributed by atoms with van der Waals surface area (Å²) in [5.41, 5.74) is 0.748. The lowest BCUT2D eigenvalue weighted by molar-refractivity contribution is 0.609. The molecule has 7 heteroatoms. The van der Waals surface area contributed by atoms with E-state index in [1.165, 1.54) is 12.1 Å². The van der Waals surface area contributed by atoms with E-state index in [1.54, 1.807) is 23.9 Å². The summed E-state index contributed by atoms with van der Waals surface area (Å²) in [6.45, 7) is 1.84. The fraction of sp³-hybridized carbons (Fsp3) is 0.200. The average Bonchev–Trinajstić information content (AvgIpc) is 2.58. The highest BCUT2D eigenvalue weighted by Crippen LogP contribution is 2.20. The van der Waals surface area contributed by atoms with Gasteiger partial charge in [0.1, 0.15) is 5.82 Å². The highest BCUT2D eigenvalue weighted by molar-refractivity contribution is 8.13. The molecular weight excluding hydrogens is 262 g/mol. The van der Waals surface area contributed by atoms with Gasteiger partial charge in [-0.05, 0) is 31.2 Å². The Hall–Kier alpha value is -1.40. The first kappa shape index (κ1) is 12.1. The zero-order chi connectivity index (χ0) is 12.6. The summed E-state index contributed by atoms with van der Waals surface area (Å²) in [5.74, 6) is 1.34. The van der Waals surface area contributed by atoms with Crippen molar-refractivity contribution in [1.29, 1.82) is 0 Å². The van der Waals surface area contributed by atoms with Crippen LogP contribution in [0.1, 0.15) is 5.82 Å². The summed E-state index contributed by atoms with van der Waals surface area (Å²) >= 11 is 0. The van der Waals surface area contributed by atoms with Gasteiger partial charge in [-0.1, -0.05) is 0 Å². The highest BCUT2D eigenvalue weighted by atomic mass is 35.7. The third-order valence-corrected chi connectivity index (χ3v) is 3.74. The molecule has 0 saturated heterocycles. The van der Waals surface area contributed by atoms with E-state index < -0.39 is 9.05 Å². The van der Waals surface area contributed by atoms with Crippen molar-refractivity contribution in [1.82, 2.24) is 14.8 Å². The maximum atomic E-state index is 11.1. The number of hydrogen-bond donors (Lipinski definition) is 0. The van der Waals surface area contributed by atoms with Crippen LogP contribution >= 0.6 is 10.7 Å². The first-order valence-electron chi connectivity index (χ1n) is 4.80. The van der Waals surface area contributed by atoms with Crippen LogP contribution in [-0.2, 0) is 16.1 Å². The van der Waals surface area contributed by atoms with E-state index in [0.717, 1.165) is 11.4 Å². The summed E-state index contributed by atoms with van der Waals surface area (Å²) in [5, 5.41) is 4.20. The van der Waals surface area contributed by atoms with Crippen LogP contribution in [0, 0.1) is 6.92 Å². The van der Waals surface area contributed by atoms with Gasteiger partial charge in [-0.25, -0.2) is 13.4 Å². The Morgan fingerprint density at radius 2 is 1.82 bits per heavy atom. The van der Waals surface area contributed by atoms with Gasteiger partial charge in [0.15, 0.2) is 5.82 Å². The summed E-state index contributed by atoms with van der Waals surface area (Å²) < 4.78 is 23.8. The molecule has 2 aromatic rings. The monoisotopic (exact) mass is 271 g/mol. The first-order chi connectivity index (χ1) is 7.88. The van der Waals surface area contributed by atoms with Gasteiger partial charge < -0.3 is 0 Å². The quantitative estimate of drug-likeness (QED) is 0.780. The number of halogens is 1. The molecule has 0 amide bonds. The number of hydrogen-bond acceptors (Lipinski definition) is 4. The van der Waals surface area contributed by atoms with Crippen molar-refractivity contribution in [3.05, 3.63) is 30.1 Å². The van der Waals surface area contributed by atoms with Gasteiger partial charge in [0.05, 0.1) is 4.90 Å². The molecule has 0 N–H and O–H groups in total. The van der Waals surface area contributed by atoms with Crippen LogP contribution in [0.4, 0.5) is 0 Å². The number of benzene rings is 1. The molecule has 0 aliphatic carbocycles. The van der Waals surface area contributed by atoms with Crippen LogP contribution in [0.25, 0.3) is 11.4 Å². The zero-order valence-corrected chi connectivity index (χ0v) is 10.8. The van der Waals surface area contributed by atoms with E-state index >= 15 is 0 Å². The lowest BCUT2D eigenvalue weighted by Crippen LogP contribution is -1.93. The summed E-state index contributed by atoms with van der Waals surface area (Å²) in [6.07, 6.45) is 0. The van der Waals surface area contributed by atoms with E-state index in [4.69, 9.17) is 10.7 Å². The van der Waals surface area contributed by atoms with Crippen LogP contribution in [0.2, 0.25) is 0 Å². The Balaban J connectivity index is 2.42. The minimum Gasteiger partial charge on any atom is -0.253 e. The lowest BCUT2D eigenvalue weighted by Gasteiger charge is -1.97. The Kier molecular flexibility index (Phi) is 2.92. The third-order valence-electron chi connectivity index (χ3n) is 2.37. The standard InChI is InChI=1S/C10H10ClN3O2S/c1-7-12-10(13-14(7)2)8-3-5-9(6-4-8)17(11,15)16/h3-6H,1-2H3. The Morgan fingerprint density at radius 1 is 1.24 bits per heavy atom. The molecule has 0 bridgehead atoms. The molecule has 0 aliphatic heterocycles. The third kappa shape index (κ3) is 2.48. The zero-order valence-electron chi connectivity index (χ0n) is 9.25. The van der Waals surface area contributed by atoms with Crippen molar-refractivity contribution in [3.8, 4) is 11.4 Å². The topological polar surface area (TPSA) is 64.8 Å². The van der Waals surface area contributed by atoms with Crippen LogP contribution in [0.3, 0.4) is 0 Å². The van der Waals surface area contributed by atoms with Gasteiger partial charge in [0, 0.05) is 23.3 Å². The lowest BCUT2D eigenvalue weighted by atomic mass is 10.2. The number of aryl methyl sites for hydroxylation is 2. The first-order valence-corrected chi connectivity index (χ1v) is 7.11. The predicted molar refractivity (Wildman–Crippen MR) is 64.2 cm³/mol. The molecule has 0 fully saturated rings. The maximum absolute atomic E-state index is 11.1. The molecule has 17 heavy (non-hydrogen) atoms. The Bertz CT molecular complexity index is 627. The molecule has 90 valence electrons. The summed E-state index contributed by atoms with van der Waals surface area (Å²) in [4.78, 5) is 4.31. The van der Waals surface area contributed by atoms with E-state index in [-0.39, 0.29) is 4.90 Å². The molecule has 0 radical (unpaired) electrons. The van der Waals surface area contributed by atoms with E-state index in [1.807, 2.05) is 6.92 Å². The summed E-state index contributed by atoms with van der Waals surface area (Å²) in [6, 6.07) is 6.13. The average molecular weight is 272 g/mol. The van der Waals surface area contributed by atoms with Gasteiger partial charge in [0.2, 0.25) is 0 Å². The number of rotatable bonds is 2. The maximum Gasteiger partial charge on any atom is 0.261 e. The summed E-state index contributed by atoms with van der Waals surface area (Å²) in [7, 11) is 3.34. The van der Waals surface area contributed by atoms with E-state index in [0.29, 0.717) is 5.82 Å². The van der Waals surface area contributed by atoms with Crippen molar-refractivity contribution in [3.63, 3.8) is 0 Å². The van der Waals surface area contributed by atoms with Crippen molar-refractivity contribution in [2.24, 2.45) is 7.05 Å². The van der Waals surface area contributed by atoms with Crippen LogP contribution in [0.15, 0.2) is 29.2 Å². The van der Waals surface area contributed by atoms with Crippen molar-refractivity contribution in [2.45, 2.75) is 11.8 Å². The Labute approximate surface area is 103 Å². The molecule has 0 spiro atoms. The van der Waals surface area contributed by atoms with E-state index in [9.17, 15) is 8.42 Å². The molecule has 2 rings (SSSR count). The second-order valence-electron chi connectivity index (χ2n) is 3.57. The molecule has 0 atom stereocenters.